The van der Waals surface area contributed by atoms with E-state index in [9.17, 15) is 0 Å². The van der Waals surface area contributed by atoms with Crippen molar-refractivity contribution >= 4 is 11.3 Å². The average Bonchev–Trinajstić information content (AvgIpc) is 2.65. The van der Waals surface area contributed by atoms with Crippen molar-refractivity contribution < 1.29 is 0 Å². The van der Waals surface area contributed by atoms with E-state index in [4.69, 9.17) is 0 Å². The van der Waals surface area contributed by atoms with Crippen LogP contribution in [0.15, 0.2) is 5.38 Å². The minimum atomic E-state index is 0.680. The smallest absolute Gasteiger partial charge is 0.107 e. The molecule has 1 aliphatic rings. The van der Waals surface area contributed by atoms with Crippen molar-refractivity contribution in [2.24, 2.45) is 0 Å². The Labute approximate surface area is 102 Å². The Balaban J connectivity index is 1.77. The average molecular weight is 239 g/mol. The summed E-state index contributed by atoms with van der Waals surface area (Å²) < 4.78 is 0. The van der Waals surface area contributed by atoms with Gasteiger partial charge in [-0.2, -0.15) is 0 Å². The van der Waals surface area contributed by atoms with E-state index in [-0.39, 0.29) is 0 Å². The number of aryl methyl sites for hydroxylation is 1. The molecule has 0 amide bonds. The Morgan fingerprint density at radius 1 is 1.56 bits per heavy atom. The second kappa shape index (κ2) is 5.75. The number of nitrogens with one attached hydrogen (secondary N) is 1. The van der Waals surface area contributed by atoms with Crippen molar-refractivity contribution in [1.82, 2.24) is 15.2 Å². The molecule has 2 heterocycles. The summed E-state index contributed by atoms with van der Waals surface area (Å²) in [6.45, 7) is 5.37. The molecule has 1 atom stereocenters. The molecule has 0 saturated carbocycles. The largest absolute Gasteiger partial charge is 0.313 e. The molecule has 1 aromatic heterocycles. The first-order valence-electron chi connectivity index (χ1n) is 6.07. The minimum absolute atomic E-state index is 0.680. The molecule has 0 aliphatic carbocycles. The Hall–Kier alpha value is -0.450. The van der Waals surface area contributed by atoms with Gasteiger partial charge in [0.05, 0.1) is 6.54 Å². The Morgan fingerprint density at radius 3 is 3.06 bits per heavy atom. The summed E-state index contributed by atoms with van der Waals surface area (Å²) in [5, 5.41) is 6.94. The van der Waals surface area contributed by atoms with Gasteiger partial charge >= 0.3 is 0 Å². The number of thiazole rings is 1. The Kier molecular flexibility index (Phi) is 4.32. The molecule has 90 valence electrons. The third kappa shape index (κ3) is 3.54. The number of rotatable bonds is 4. The molecule has 2 rings (SSSR count). The van der Waals surface area contributed by atoms with Gasteiger partial charge in [0.2, 0.25) is 0 Å². The van der Waals surface area contributed by atoms with Crippen LogP contribution in [0.2, 0.25) is 0 Å². The van der Waals surface area contributed by atoms with Crippen LogP contribution < -0.4 is 5.32 Å². The number of nitrogens with zero attached hydrogens (tertiary/aromatic N) is 2. The van der Waals surface area contributed by atoms with Gasteiger partial charge in [-0.25, -0.2) is 4.98 Å². The van der Waals surface area contributed by atoms with Crippen LogP contribution in [-0.4, -0.2) is 36.1 Å². The summed E-state index contributed by atoms with van der Waals surface area (Å²) in [6.07, 6.45) is 4.04. The molecule has 4 heteroatoms. The van der Waals surface area contributed by atoms with Gasteiger partial charge < -0.3 is 5.32 Å². The van der Waals surface area contributed by atoms with Gasteiger partial charge in [0.25, 0.3) is 0 Å². The van der Waals surface area contributed by atoms with Crippen molar-refractivity contribution in [2.45, 2.75) is 38.8 Å². The first-order valence-corrected chi connectivity index (χ1v) is 6.95. The molecule has 1 fully saturated rings. The summed E-state index contributed by atoms with van der Waals surface area (Å²) in [5.74, 6) is 0. The molecule has 1 N–H and O–H groups in total. The second-order valence-electron chi connectivity index (χ2n) is 4.73. The standard InChI is InChI=1S/C12H21N3S/c1-10-9-16-12(14-10)8-15(2)7-11-5-3-4-6-13-11/h9,11,13H,3-8H2,1-2H3. The third-order valence-electron chi connectivity index (χ3n) is 3.02. The van der Waals surface area contributed by atoms with Gasteiger partial charge in [-0.15, -0.1) is 11.3 Å². The lowest BCUT2D eigenvalue weighted by Crippen LogP contribution is -2.42. The zero-order chi connectivity index (χ0) is 11.4. The number of hydrogen-bond donors (Lipinski definition) is 1. The fourth-order valence-corrected chi connectivity index (χ4v) is 3.08. The number of piperidine rings is 1. The number of likely N-dealkylation sites (N-methyl/N-ethyl adjacent to an activating group) is 1. The molecule has 0 aromatic carbocycles. The van der Waals surface area contributed by atoms with Crippen LogP contribution >= 0.6 is 11.3 Å². The van der Waals surface area contributed by atoms with E-state index in [0.717, 1.165) is 18.8 Å². The van der Waals surface area contributed by atoms with Crippen molar-refractivity contribution in [3.05, 3.63) is 16.1 Å². The molecule has 0 bridgehead atoms. The Bertz CT molecular complexity index is 318. The molecule has 0 radical (unpaired) electrons. The van der Waals surface area contributed by atoms with Crippen molar-refractivity contribution in [2.75, 3.05) is 20.1 Å². The van der Waals surface area contributed by atoms with Crippen LogP contribution in [0.25, 0.3) is 0 Å². The van der Waals surface area contributed by atoms with Crippen LogP contribution in [0.5, 0.6) is 0 Å². The van der Waals surface area contributed by atoms with E-state index in [2.05, 4.69) is 34.6 Å². The highest BCUT2D eigenvalue weighted by Crippen LogP contribution is 2.13. The van der Waals surface area contributed by atoms with E-state index in [0.29, 0.717) is 6.04 Å². The quantitative estimate of drug-likeness (QED) is 0.871. The maximum absolute atomic E-state index is 4.50. The van der Waals surface area contributed by atoms with Crippen LogP contribution in [-0.2, 0) is 6.54 Å². The van der Waals surface area contributed by atoms with Crippen LogP contribution in [0, 0.1) is 6.92 Å². The van der Waals surface area contributed by atoms with Crippen molar-refractivity contribution in [1.29, 1.82) is 0 Å². The maximum Gasteiger partial charge on any atom is 0.107 e. The molecular formula is C12H21N3S. The summed E-state index contributed by atoms with van der Waals surface area (Å²) in [4.78, 5) is 6.88. The van der Waals surface area contributed by atoms with Gasteiger partial charge in [-0.05, 0) is 33.4 Å². The fraction of sp³-hybridized carbons (Fsp3) is 0.750. The molecule has 16 heavy (non-hydrogen) atoms. The lowest BCUT2D eigenvalue weighted by atomic mass is 10.0. The highest BCUT2D eigenvalue weighted by atomic mass is 32.1. The first-order chi connectivity index (χ1) is 7.74. The third-order valence-corrected chi connectivity index (χ3v) is 3.97. The van der Waals surface area contributed by atoms with E-state index in [1.54, 1.807) is 11.3 Å². The normalized spacial score (nSPS) is 21.6. The van der Waals surface area contributed by atoms with E-state index in [1.807, 2.05) is 0 Å². The van der Waals surface area contributed by atoms with Gasteiger partial charge in [0.1, 0.15) is 5.01 Å². The predicted molar refractivity (Wildman–Crippen MR) is 68.8 cm³/mol. The minimum Gasteiger partial charge on any atom is -0.313 e. The van der Waals surface area contributed by atoms with Crippen molar-refractivity contribution in [3.63, 3.8) is 0 Å². The lowest BCUT2D eigenvalue weighted by molar-refractivity contribution is 0.256. The molecule has 1 aliphatic heterocycles. The van der Waals surface area contributed by atoms with Crippen LogP contribution in [0.1, 0.15) is 30.0 Å². The topological polar surface area (TPSA) is 28.2 Å². The SMILES string of the molecule is Cc1csc(CN(C)CC2CCCCN2)n1. The monoisotopic (exact) mass is 239 g/mol. The summed E-state index contributed by atoms with van der Waals surface area (Å²) in [7, 11) is 2.19. The molecule has 3 nitrogen and oxygen atoms in total. The summed E-state index contributed by atoms with van der Waals surface area (Å²) in [6, 6.07) is 0.680. The second-order valence-corrected chi connectivity index (χ2v) is 5.67. The first kappa shape index (κ1) is 12.0. The van der Waals surface area contributed by atoms with E-state index in [1.165, 1.54) is 30.8 Å². The zero-order valence-electron chi connectivity index (χ0n) is 10.2. The molecule has 0 spiro atoms. The van der Waals surface area contributed by atoms with E-state index >= 15 is 0 Å². The number of aromatic nitrogens is 1. The van der Waals surface area contributed by atoms with Crippen LogP contribution in [0.4, 0.5) is 0 Å². The maximum atomic E-state index is 4.50. The molecule has 1 saturated heterocycles. The Morgan fingerprint density at radius 2 is 2.44 bits per heavy atom. The van der Waals surface area contributed by atoms with Gasteiger partial charge in [0, 0.05) is 23.7 Å². The van der Waals surface area contributed by atoms with E-state index < -0.39 is 0 Å². The molecular weight excluding hydrogens is 218 g/mol. The lowest BCUT2D eigenvalue weighted by Gasteiger charge is -2.27. The summed E-state index contributed by atoms with van der Waals surface area (Å²) in [5.41, 5.74) is 1.14. The fourth-order valence-electron chi connectivity index (χ4n) is 2.23. The predicted octanol–water partition coefficient (Wildman–Crippen LogP) is 2.03. The molecule has 1 unspecified atom stereocenters. The van der Waals surface area contributed by atoms with Crippen molar-refractivity contribution in [3.8, 4) is 0 Å². The summed E-state index contributed by atoms with van der Waals surface area (Å²) >= 11 is 1.77. The van der Waals surface area contributed by atoms with Gasteiger partial charge in [-0.1, -0.05) is 6.42 Å². The number of hydrogen-bond acceptors (Lipinski definition) is 4. The van der Waals surface area contributed by atoms with Gasteiger partial charge in [-0.3, -0.25) is 4.90 Å². The van der Waals surface area contributed by atoms with Gasteiger partial charge in [0.15, 0.2) is 0 Å². The highest BCUT2D eigenvalue weighted by molar-refractivity contribution is 7.09. The highest BCUT2D eigenvalue weighted by Gasteiger charge is 2.15. The van der Waals surface area contributed by atoms with Crippen LogP contribution in [0.3, 0.4) is 0 Å². The molecule has 1 aromatic rings. The zero-order valence-corrected chi connectivity index (χ0v) is 11.0.